The van der Waals surface area contributed by atoms with Gasteiger partial charge in [0, 0.05) is 31.7 Å². The van der Waals surface area contributed by atoms with E-state index in [1.54, 1.807) is 23.4 Å². The average molecular weight is 335 g/mol. The number of rotatable bonds is 2. The molecule has 21 heavy (non-hydrogen) atoms. The number of nitrogens with one attached hydrogen (secondary N) is 1. The Morgan fingerprint density at radius 3 is 2.62 bits per heavy atom. The van der Waals surface area contributed by atoms with Crippen LogP contribution >= 0.6 is 12.4 Å². The maximum atomic E-state index is 12.8. The average Bonchev–Trinajstić information content (AvgIpc) is 2.85. The summed E-state index contributed by atoms with van der Waals surface area (Å²) < 4.78 is 37.7. The first-order valence-electron chi connectivity index (χ1n) is 6.63. The Hall–Kier alpha value is -1.02. The van der Waals surface area contributed by atoms with Crippen LogP contribution in [-0.4, -0.2) is 45.2 Å². The lowest BCUT2D eigenvalue weighted by Crippen LogP contribution is -2.52. The first kappa shape index (κ1) is 16.4. The van der Waals surface area contributed by atoms with Gasteiger partial charge in [0.25, 0.3) is 0 Å². The zero-order valence-electron chi connectivity index (χ0n) is 12.0. The molecule has 2 aliphatic rings. The molecule has 1 saturated heterocycles. The van der Waals surface area contributed by atoms with Gasteiger partial charge < -0.3 is 14.8 Å². The van der Waals surface area contributed by atoms with Crippen LogP contribution in [0.4, 0.5) is 0 Å². The van der Waals surface area contributed by atoms with Gasteiger partial charge in [-0.05, 0) is 25.5 Å². The summed E-state index contributed by atoms with van der Waals surface area (Å²) in [5, 5.41) is 3.19. The van der Waals surface area contributed by atoms with Crippen molar-refractivity contribution in [3.63, 3.8) is 0 Å². The highest BCUT2D eigenvalue weighted by Gasteiger charge is 2.33. The van der Waals surface area contributed by atoms with E-state index in [0.29, 0.717) is 41.6 Å². The van der Waals surface area contributed by atoms with Crippen LogP contribution in [0.2, 0.25) is 0 Å². The lowest BCUT2D eigenvalue weighted by Gasteiger charge is -2.33. The van der Waals surface area contributed by atoms with E-state index < -0.39 is 10.0 Å². The molecule has 0 amide bonds. The molecule has 6 nitrogen and oxygen atoms in total. The second kappa shape index (κ2) is 6.00. The molecule has 118 valence electrons. The molecule has 2 aliphatic heterocycles. The summed E-state index contributed by atoms with van der Waals surface area (Å²) in [6, 6.07) is 3.24. The van der Waals surface area contributed by atoms with E-state index in [-0.39, 0.29) is 25.2 Å². The van der Waals surface area contributed by atoms with Gasteiger partial charge in [0.05, 0.1) is 4.90 Å². The number of sulfonamides is 1. The van der Waals surface area contributed by atoms with Crippen molar-refractivity contribution in [2.24, 2.45) is 0 Å². The van der Waals surface area contributed by atoms with Gasteiger partial charge in [-0.1, -0.05) is 0 Å². The number of nitrogens with zero attached hydrogens (tertiary/aromatic N) is 1. The van der Waals surface area contributed by atoms with Crippen LogP contribution in [0.15, 0.2) is 17.0 Å². The Balaban J connectivity index is 0.00000161. The number of ether oxygens (including phenoxy) is 2. The molecule has 2 heterocycles. The van der Waals surface area contributed by atoms with Crippen molar-refractivity contribution in [1.82, 2.24) is 9.62 Å². The maximum absolute atomic E-state index is 12.8. The number of hydrogen-bond donors (Lipinski definition) is 1. The van der Waals surface area contributed by atoms with Crippen LogP contribution in [0.1, 0.15) is 12.5 Å². The van der Waals surface area contributed by atoms with Gasteiger partial charge in [-0.15, -0.1) is 12.4 Å². The van der Waals surface area contributed by atoms with Crippen molar-refractivity contribution in [3.8, 4) is 11.5 Å². The first-order chi connectivity index (χ1) is 9.50. The highest BCUT2D eigenvalue weighted by Crippen LogP contribution is 2.37. The number of benzene rings is 1. The third-order valence-corrected chi connectivity index (χ3v) is 5.85. The predicted molar refractivity (Wildman–Crippen MR) is 80.8 cm³/mol. The number of hydrogen-bond acceptors (Lipinski definition) is 5. The summed E-state index contributed by atoms with van der Waals surface area (Å²) in [5.41, 5.74) is 0.681. The second-order valence-electron chi connectivity index (χ2n) is 5.14. The van der Waals surface area contributed by atoms with E-state index in [4.69, 9.17) is 9.47 Å². The maximum Gasteiger partial charge on any atom is 0.243 e. The van der Waals surface area contributed by atoms with Crippen LogP contribution in [0.25, 0.3) is 0 Å². The van der Waals surface area contributed by atoms with Crippen molar-refractivity contribution >= 4 is 22.4 Å². The number of fused-ring (bicyclic) bond motifs is 1. The molecule has 1 aromatic carbocycles. The molecule has 1 aromatic rings. The van der Waals surface area contributed by atoms with Crippen LogP contribution in [0, 0.1) is 6.92 Å². The molecule has 0 spiro atoms. The Kier molecular flexibility index (Phi) is 4.67. The van der Waals surface area contributed by atoms with E-state index >= 15 is 0 Å². The zero-order chi connectivity index (χ0) is 14.3. The van der Waals surface area contributed by atoms with Gasteiger partial charge in [-0.3, -0.25) is 0 Å². The molecule has 8 heteroatoms. The normalized spacial score (nSPS) is 21.9. The van der Waals surface area contributed by atoms with Gasteiger partial charge >= 0.3 is 0 Å². The highest BCUT2D eigenvalue weighted by atomic mass is 35.5. The molecule has 1 atom stereocenters. The highest BCUT2D eigenvalue weighted by molar-refractivity contribution is 7.89. The third kappa shape index (κ3) is 2.83. The second-order valence-corrected chi connectivity index (χ2v) is 7.00. The quantitative estimate of drug-likeness (QED) is 0.878. The minimum Gasteiger partial charge on any atom is -0.454 e. The number of halogens is 1. The fraction of sp³-hybridized carbons (Fsp3) is 0.538. The monoisotopic (exact) mass is 334 g/mol. The molecule has 3 rings (SSSR count). The molecular weight excluding hydrogens is 316 g/mol. The van der Waals surface area contributed by atoms with Gasteiger partial charge in [0.1, 0.15) is 0 Å². The van der Waals surface area contributed by atoms with Gasteiger partial charge in [0.2, 0.25) is 16.8 Å². The van der Waals surface area contributed by atoms with E-state index in [1.165, 1.54) is 0 Å². The summed E-state index contributed by atoms with van der Waals surface area (Å²) in [4.78, 5) is 0.301. The lowest BCUT2D eigenvalue weighted by atomic mass is 10.2. The minimum absolute atomic E-state index is 0. The van der Waals surface area contributed by atoms with E-state index in [0.717, 1.165) is 0 Å². The largest absolute Gasteiger partial charge is 0.454 e. The van der Waals surface area contributed by atoms with E-state index in [9.17, 15) is 8.42 Å². The molecule has 0 unspecified atom stereocenters. The van der Waals surface area contributed by atoms with Gasteiger partial charge in [-0.2, -0.15) is 4.31 Å². The first-order valence-corrected chi connectivity index (χ1v) is 8.07. The van der Waals surface area contributed by atoms with Crippen molar-refractivity contribution < 1.29 is 17.9 Å². The van der Waals surface area contributed by atoms with E-state index in [1.807, 2.05) is 6.92 Å². The Labute approximate surface area is 130 Å². The summed E-state index contributed by atoms with van der Waals surface area (Å²) in [7, 11) is -3.51. The molecule has 0 aliphatic carbocycles. The smallest absolute Gasteiger partial charge is 0.243 e. The standard InChI is InChI=1S/C13H18N2O4S.ClH/c1-9-5-11-12(19-8-18-11)6-13(9)20(16,17)15-4-3-14-7-10(15)2;/h5-6,10,14H,3-4,7-8H2,1-2H3;1H/t10-;/m1./s1. The van der Waals surface area contributed by atoms with Crippen molar-refractivity contribution in [1.29, 1.82) is 0 Å². The Bertz CT molecular complexity index is 635. The zero-order valence-corrected chi connectivity index (χ0v) is 13.6. The molecule has 0 aromatic heterocycles. The Morgan fingerprint density at radius 2 is 1.95 bits per heavy atom. The van der Waals surface area contributed by atoms with Gasteiger partial charge in [0.15, 0.2) is 11.5 Å². The third-order valence-electron chi connectivity index (χ3n) is 3.70. The van der Waals surface area contributed by atoms with E-state index in [2.05, 4.69) is 5.32 Å². The van der Waals surface area contributed by atoms with Crippen LogP contribution in [0.3, 0.4) is 0 Å². The molecular formula is C13H19ClN2O4S. The number of piperazine rings is 1. The fourth-order valence-corrected chi connectivity index (χ4v) is 4.46. The van der Waals surface area contributed by atoms with Crippen molar-refractivity contribution in [3.05, 3.63) is 17.7 Å². The van der Waals surface area contributed by atoms with Crippen molar-refractivity contribution in [2.75, 3.05) is 26.4 Å². The summed E-state index contributed by atoms with van der Waals surface area (Å²) in [6.07, 6.45) is 0. The number of aryl methyl sites for hydroxylation is 1. The summed E-state index contributed by atoms with van der Waals surface area (Å²) >= 11 is 0. The summed E-state index contributed by atoms with van der Waals surface area (Å²) in [6.45, 7) is 5.66. The minimum atomic E-state index is -3.51. The van der Waals surface area contributed by atoms with Gasteiger partial charge in [-0.25, -0.2) is 8.42 Å². The van der Waals surface area contributed by atoms with Crippen LogP contribution in [-0.2, 0) is 10.0 Å². The Morgan fingerprint density at radius 1 is 1.29 bits per heavy atom. The molecule has 0 saturated carbocycles. The molecule has 0 bridgehead atoms. The lowest BCUT2D eigenvalue weighted by molar-refractivity contribution is 0.174. The van der Waals surface area contributed by atoms with Crippen molar-refractivity contribution in [2.45, 2.75) is 24.8 Å². The fourth-order valence-electron chi connectivity index (χ4n) is 2.61. The van der Waals surface area contributed by atoms with Crippen LogP contribution < -0.4 is 14.8 Å². The molecule has 1 fully saturated rings. The predicted octanol–water partition coefficient (Wildman–Crippen LogP) is 1.13. The van der Waals surface area contributed by atoms with Crippen LogP contribution in [0.5, 0.6) is 11.5 Å². The molecule has 1 N–H and O–H groups in total. The molecule has 0 radical (unpaired) electrons. The topological polar surface area (TPSA) is 67.9 Å². The summed E-state index contributed by atoms with van der Waals surface area (Å²) in [5.74, 6) is 1.10. The SMILES string of the molecule is Cc1cc2c(cc1S(=O)(=O)N1CCNC[C@H]1C)OCO2.Cl.